The van der Waals surface area contributed by atoms with Crippen LogP contribution in [0, 0.1) is 11.8 Å². The molecule has 1 aliphatic rings. The van der Waals surface area contributed by atoms with E-state index in [2.05, 4.69) is 11.8 Å². The average molecular weight is 124 g/mol. The molecule has 2 N–H and O–H groups in total. The molecule has 0 radical (unpaired) electrons. The molecule has 0 aromatic carbocycles. The van der Waals surface area contributed by atoms with Crippen molar-refractivity contribution in [3.05, 3.63) is 0 Å². The van der Waals surface area contributed by atoms with E-state index in [1.807, 2.05) is 0 Å². The van der Waals surface area contributed by atoms with Crippen LogP contribution >= 0.6 is 0 Å². The smallest absolute Gasteiger partial charge is 0.427 e. The Kier molecular flexibility index (Phi) is 2.15. The predicted molar refractivity (Wildman–Crippen MR) is 35.6 cm³/mol. The van der Waals surface area contributed by atoms with E-state index >= 15 is 0 Å². The van der Waals surface area contributed by atoms with Gasteiger partial charge in [0.05, 0.1) is 0 Å². The van der Waals surface area contributed by atoms with Crippen molar-refractivity contribution in [2.75, 3.05) is 0 Å². The van der Waals surface area contributed by atoms with Crippen LogP contribution in [0.3, 0.4) is 0 Å². The Morgan fingerprint density at radius 1 is 1.33 bits per heavy atom. The SMILES string of the molecule is OB(O)C1CC#CCC1. The van der Waals surface area contributed by atoms with Crippen LogP contribution in [0.1, 0.15) is 19.3 Å². The van der Waals surface area contributed by atoms with Gasteiger partial charge in [0, 0.05) is 18.7 Å². The van der Waals surface area contributed by atoms with Gasteiger partial charge in [0.25, 0.3) is 0 Å². The average Bonchev–Trinajstić information content (AvgIpc) is 1.90. The Balaban J connectivity index is 2.39. The van der Waals surface area contributed by atoms with Crippen molar-refractivity contribution in [2.24, 2.45) is 0 Å². The normalized spacial score (nSPS) is 24.4. The summed E-state index contributed by atoms with van der Waals surface area (Å²) in [5, 5.41) is 17.3. The summed E-state index contributed by atoms with van der Waals surface area (Å²) >= 11 is 0. The first kappa shape index (κ1) is 6.66. The zero-order valence-electron chi connectivity index (χ0n) is 5.17. The topological polar surface area (TPSA) is 40.5 Å². The van der Waals surface area contributed by atoms with E-state index < -0.39 is 7.12 Å². The van der Waals surface area contributed by atoms with Crippen molar-refractivity contribution in [3.63, 3.8) is 0 Å². The summed E-state index contributed by atoms with van der Waals surface area (Å²) in [5.74, 6) is 5.74. The first-order chi connectivity index (χ1) is 4.30. The van der Waals surface area contributed by atoms with Crippen LogP contribution in [-0.2, 0) is 0 Å². The van der Waals surface area contributed by atoms with Crippen LogP contribution in [0.15, 0.2) is 0 Å². The van der Waals surface area contributed by atoms with Crippen molar-refractivity contribution in [1.82, 2.24) is 0 Å². The van der Waals surface area contributed by atoms with Gasteiger partial charge in [-0.15, -0.1) is 11.8 Å². The molecular formula is C6H9BO2. The van der Waals surface area contributed by atoms with Gasteiger partial charge < -0.3 is 10.0 Å². The first-order valence-electron chi connectivity index (χ1n) is 3.12. The quantitative estimate of drug-likeness (QED) is 0.382. The molecule has 0 heterocycles. The van der Waals surface area contributed by atoms with E-state index in [0.717, 1.165) is 12.8 Å². The van der Waals surface area contributed by atoms with Gasteiger partial charge >= 0.3 is 7.12 Å². The Bertz CT molecular complexity index is 145. The third-order valence-corrected chi connectivity index (χ3v) is 1.55. The molecule has 1 atom stereocenters. The molecule has 0 saturated carbocycles. The summed E-state index contributed by atoms with van der Waals surface area (Å²) in [6.07, 6.45) is 2.27. The second kappa shape index (κ2) is 2.91. The zero-order chi connectivity index (χ0) is 6.69. The van der Waals surface area contributed by atoms with Gasteiger partial charge in [-0.25, -0.2) is 0 Å². The first-order valence-corrected chi connectivity index (χ1v) is 3.12. The fourth-order valence-corrected chi connectivity index (χ4v) is 0.906. The molecule has 0 aromatic rings. The maximum absolute atomic E-state index is 8.66. The minimum atomic E-state index is -1.17. The molecule has 1 aliphatic carbocycles. The minimum absolute atomic E-state index is 0.00810. The monoisotopic (exact) mass is 124 g/mol. The summed E-state index contributed by atoms with van der Waals surface area (Å²) in [5.41, 5.74) is 0. The van der Waals surface area contributed by atoms with Crippen LogP contribution in [0.2, 0.25) is 5.82 Å². The molecular weight excluding hydrogens is 115 g/mol. The van der Waals surface area contributed by atoms with Crippen molar-refractivity contribution in [3.8, 4) is 11.8 Å². The Hall–Kier alpha value is -0.455. The molecule has 1 rings (SSSR count). The second-order valence-corrected chi connectivity index (χ2v) is 2.27. The van der Waals surface area contributed by atoms with E-state index in [1.165, 1.54) is 0 Å². The van der Waals surface area contributed by atoms with E-state index in [0.29, 0.717) is 6.42 Å². The third kappa shape index (κ3) is 1.74. The fourth-order valence-electron chi connectivity index (χ4n) is 0.906. The minimum Gasteiger partial charge on any atom is -0.427 e. The summed E-state index contributed by atoms with van der Waals surface area (Å²) in [6.45, 7) is 0. The lowest BCUT2D eigenvalue weighted by Gasteiger charge is -2.12. The Labute approximate surface area is 55.0 Å². The number of hydrogen-bond donors (Lipinski definition) is 2. The van der Waals surface area contributed by atoms with Crippen LogP contribution in [0.25, 0.3) is 0 Å². The lowest BCUT2D eigenvalue weighted by Crippen LogP contribution is -2.20. The highest BCUT2D eigenvalue weighted by Crippen LogP contribution is 2.21. The fraction of sp³-hybridized carbons (Fsp3) is 0.667. The van der Waals surface area contributed by atoms with E-state index in [4.69, 9.17) is 10.0 Å². The van der Waals surface area contributed by atoms with E-state index in [9.17, 15) is 0 Å². The molecule has 0 aliphatic heterocycles. The van der Waals surface area contributed by atoms with Gasteiger partial charge in [-0.1, -0.05) is 0 Å². The lowest BCUT2D eigenvalue weighted by molar-refractivity contribution is 0.379. The van der Waals surface area contributed by atoms with Gasteiger partial charge in [-0.05, 0) is 6.42 Å². The lowest BCUT2D eigenvalue weighted by atomic mass is 9.67. The van der Waals surface area contributed by atoms with E-state index in [1.54, 1.807) is 0 Å². The molecule has 48 valence electrons. The largest absolute Gasteiger partial charge is 0.455 e. The predicted octanol–water partition coefficient (Wildman–Crippen LogP) is 0.0167. The molecule has 0 bridgehead atoms. The van der Waals surface area contributed by atoms with Gasteiger partial charge in [0.15, 0.2) is 0 Å². The highest BCUT2D eigenvalue weighted by atomic mass is 16.4. The molecule has 0 saturated heterocycles. The standard InChI is InChI=1S/C6H9BO2/c8-7(9)6-4-2-1-3-5-6/h6,8-9H,2,4-5H2. The molecule has 9 heavy (non-hydrogen) atoms. The third-order valence-electron chi connectivity index (χ3n) is 1.55. The summed E-state index contributed by atoms with van der Waals surface area (Å²) in [6, 6.07) is 0. The zero-order valence-corrected chi connectivity index (χ0v) is 5.17. The summed E-state index contributed by atoms with van der Waals surface area (Å²) in [4.78, 5) is 0. The van der Waals surface area contributed by atoms with Crippen molar-refractivity contribution in [1.29, 1.82) is 0 Å². The molecule has 0 amide bonds. The van der Waals surface area contributed by atoms with Crippen molar-refractivity contribution < 1.29 is 10.0 Å². The maximum atomic E-state index is 8.66. The molecule has 1 unspecified atom stereocenters. The highest BCUT2D eigenvalue weighted by Gasteiger charge is 2.22. The highest BCUT2D eigenvalue weighted by molar-refractivity contribution is 6.43. The van der Waals surface area contributed by atoms with Crippen molar-refractivity contribution >= 4 is 7.12 Å². The molecule has 2 nitrogen and oxygen atoms in total. The second-order valence-electron chi connectivity index (χ2n) is 2.27. The van der Waals surface area contributed by atoms with Crippen LogP contribution < -0.4 is 0 Å². The molecule has 0 aromatic heterocycles. The van der Waals surface area contributed by atoms with Gasteiger partial charge in [-0.3, -0.25) is 0 Å². The number of hydrogen-bond acceptors (Lipinski definition) is 2. The summed E-state index contributed by atoms with van der Waals surface area (Å²) in [7, 11) is -1.17. The van der Waals surface area contributed by atoms with Crippen molar-refractivity contribution in [2.45, 2.75) is 25.1 Å². The molecule has 3 heteroatoms. The van der Waals surface area contributed by atoms with Crippen LogP contribution in [0.4, 0.5) is 0 Å². The van der Waals surface area contributed by atoms with Crippen LogP contribution in [-0.4, -0.2) is 17.2 Å². The van der Waals surface area contributed by atoms with Crippen LogP contribution in [0.5, 0.6) is 0 Å². The Morgan fingerprint density at radius 2 is 2.11 bits per heavy atom. The van der Waals surface area contributed by atoms with Gasteiger partial charge in [-0.2, -0.15) is 0 Å². The van der Waals surface area contributed by atoms with Gasteiger partial charge in [0.1, 0.15) is 0 Å². The Morgan fingerprint density at radius 3 is 2.44 bits per heavy atom. The summed E-state index contributed by atoms with van der Waals surface area (Å²) < 4.78 is 0. The molecule has 0 spiro atoms. The van der Waals surface area contributed by atoms with E-state index in [-0.39, 0.29) is 5.82 Å². The maximum Gasteiger partial charge on any atom is 0.455 e. The van der Waals surface area contributed by atoms with Gasteiger partial charge in [0.2, 0.25) is 0 Å². The molecule has 0 fully saturated rings. The number of rotatable bonds is 1.